The lowest BCUT2D eigenvalue weighted by Gasteiger charge is -2.11. The Morgan fingerprint density at radius 2 is 1.93 bits per heavy atom. The maximum atomic E-state index is 12.5. The van der Waals surface area contributed by atoms with Crippen LogP contribution < -0.4 is 5.69 Å². The highest BCUT2D eigenvalue weighted by molar-refractivity contribution is 7.91. The number of fused-ring (bicyclic) bond motifs is 1. The molecule has 4 rings (SSSR count). The van der Waals surface area contributed by atoms with Crippen molar-refractivity contribution < 1.29 is 13.2 Å². The average molecular weight is 407 g/mol. The molecule has 3 heterocycles. The van der Waals surface area contributed by atoms with Gasteiger partial charge < -0.3 is 0 Å². The molecule has 1 aliphatic rings. The van der Waals surface area contributed by atoms with Gasteiger partial charge in [-0.1, -0.05) is 11.6 Å². The Morgan fingerprint density at radius 3 is 2.59 bits per heavy atom. The summed E-state index contributed by atoms with van der Waals surface area (Å²) in [6.07, 6.45) is 3.30. The van der Waals surface area contributed by atoms with Crippen molar-refractivity contribution in [3.8, 4) is 0 Å². The lowest BCUT2D eigenvalue weighted by atomic mass is 10.1. The van der Waals surface area contributed by atoms with Crippen LogP contribution in [0.5, 0.6) is 0 Å². The van der Waals surface area contributed by atoms with Crippen LogP contribution in [0.2, 0.25) is 5.02 Å². The summed E-state index contributed by atoms with van der Waals surface area (Å²) in [7, 11) is -3.08. The topological polar surface area (TPSA) is 104 Å². The first-order valence-electron chi connectivity index (χ1n) is 8.26. The zero-order chi connectivity index (χ0) is 19.2. The van der Waals surface area contributed by atoms with Gasteiger partial charge in [0.05, 0.1) is 42.0 Å². The van der Waals surface area contributed by atoms with Crippen LogP contribution >= 0.6 is 11.6 Å². The minimum atomic E-state index is -3.08. The minimum absolute atomic E-state index is 0.00656. The average Bonchev–Trinajstić information content (AvgIpc) is 3.20. The molecule has 1 atom stereocenters. The quantitative estimate of drug-likeness (QED) is 0.608. The zero-order valence-electron chi connectivity index (χ0n) is 14.1. The van der Waals surface area contributed by atoms with E-state index < -0.39 is 15.5 Å². The van der Waals surface area contributed by atoms with E-state index in [1.54, 1.807) is 28.9 Å². The van der Waals surface area contributed by atoms with Gasteiger partial charge in [-0.15, -0.1) is 0 Å². The molecule has 0 spiro atoms. The van der Waals surface area contributed by atoms with Crippen LogP contribution in [0.1, 0.15) is 22.8 Å². The first-order chi connectivity index (χ1) is 12.8. The highest BCUT2D eigenvalue weighted by Gasteiger charge is 2.31. The van der Waals surface area contributed by atoms with Gasteiger partial charge in [-0.05, 0) is 30.7 Å². The summed E-state index contributed by atoms with van der Waals surface area (Å²) in [6.45, 7) is -0.195. The van der Waals surface area contributed by atoms with Crippen molar-refractivity contribution in [2.75, 3.05) is 11.5 Å². The zero-order valence-corrected chi connectivity index (χ0v) is 15.7. The van der Waals surface area contributed by atoms with E-state index in [-0.39, 0.29) is 29.9 Å². The molecule has 0 N–H and O–H groups in total. The van der Waals surface area contributed by atoms with Gasteiger partial charge in [0.15, 0.2) is 15.6 Å². The molecule has 2 aromatic heterocycles. The molecule has 0 amide bonds. The summed E-state index contributed by atoms with van der Waals surface area (Å²) in [5.74, 6) is -0.146. The molecule has 0 aliphatic carbocycles. The summed E-state index contributed by atoms with van der Waals surface area (Å²) >= 11 is 5.83. The largest absolute Gasteiger partial charge is 0.348 e. The molecular formula is C17H15ClN4O4S. The number of aromatic nitrogens is 4. The van der Waals surface area contributed by atoms with Gasteiger partial charge in [-0.2, -0.15) is 10.1 Å². The fourth-order valence-corrected chi connectivity index (χ4v) is 5.09. The van der Waals surface area contributed by atoms with Crippen LogP contribution in [-0.4, -0.2) is 45.0 Å². The van der Waals surface area contributed by atoms with Crippen LogP contribution in [0.3, 0.4) is 0 Å². The van der Waals surface area contributed by atoms with Crippen LogP contribution in [0.4, 0.5) is 0 Å². The number of Topliss-reactive ketones (excluding diaryl/α,β-unsaturated/α-hetero) is 1. The van der Waals surface area contributed by atoms with E-state index in [4.69, 9.17) is 11.6 Å². The van der Waals surface area contributed by atoms with Gasteiger partial charge in [-0.3, -0.25) is 14.0 Å². The smallest absolute Gasteiger partial charge is 0.292 e. The van der Waals surface area contributed by atoms with Crippen molar-refractivity contribution in [2.24, 2.45) is 0 Å². The fourth-order valence-electron chi connectivity index (χ4n) is 3.27. The lowest BCUT2D eigenvalue weighted by Crippen LogP contribution is -2.26. The molecule has 1 saturated heterocycles. The lowest BCUT2D eigenvalue weighted by molar-refractivity contribution is 0.0972. The Bertz CT molecular complexity index is 1200. The van der Waals surface area contributed by atoms with Crippen LogP contribution in [0.15, 0.2) is 41.5 Å². The predicted octanol–water partition coefficient (Wildman–Crippen LogP) is 1.49. The van der Waals surface area contributed by atoms with Crippen molar-refractivity contribution in [3.63, 3.8) is 0 Å². The molecule has 1 unspecified atom stereocenters. The number of nitrogens with zero attached hydrogens (tertiary/aromatic N) is 4. The SMILES string of the molecule is O=C(Cn1c(=O)ncc2c1cnn2C1CCS(=O)(=O)C1)c1ccc(Cl)cc1. The Hall–Kier alpha value is -2.52. The standard InChI is InChI=1S/C17H15ClN4O4S/c18-12-3-1-11(2-4-12)16(23)9-21-14-8-20-22(15(14)7-19-17(21)24)13-5-6-27(25,26)10-13/h1-4,7-8,13H,5-6,9-10H2. The Labute approximate surface area is 159 Å². The molecule has 140 valence electrons. The number of ketones is 1. The maximum absolute atomic E-state index is 12.5. The second-order valence-corrected chi connectivity index (χ2v) is 9.14. The van der Waals surface area contributed by atoms with Gasteiger partial charge in [0.1, 0.15) is 5.52 Å². The number of carbonyl (C=O) groups is 1. The number of benzene rings is 1. The van der Waals surface area contributed by atoms with Gasteiger partial charge in [-0.25, -0.2) is 13.2 Å². The second kappa shape index (κ2) is 6.58. The van der Waals surface area contributed by atoms with E-state index in [0.717, 1.165) is 0 Å². The molecular weight excluding hydrogens is 392 g/mol. The van der Waals surface area contributed by atoms with Gasteiger partial charge >= 0.3 is 5.69 Å². The third kappa shape index (κ3) is 3.40. The van der Waals surface area contributed by atoms with Gasteiger partial charge in [0.2, 0.25) is 0 Å². The van der Waals surface area contributed by atoms with Crippen molar-refractivity contribution >= 4 is 38.3 Å². The minimum Gasteiger partial charge on any atom is -0.292 e. The number of rotatable bonds is 4. The van der Waals surface area contributed by atoms with Gasteiger partial charge in [0.25, 0.3) is 0 Å². The number of sulfone groups is 1. The third-order valence-corrected chi connectivity index (χ3v) is 6.66. The van der Waals surface area contributed by atoms with Crippen molar-refractivity contribution in [1.29, 1.82) is 0 Å². The van der Waals surface area contributed by atoms with Gasteiger partial charge in [0, 0.05) is 10.6 Å². The van der Waals surface area contributed by atoms with E-state index in [1.165, 1.54) is 17.0 Å². The molecule has 0 saturated carbocycles. The van der Waals surface area contributed by atoms with Crippen LogP contribution in [0.25, 0.3) is 11.0 Å². The summed E-state index contributed by atoms with van der Waals surface area (Å²) in [6, 6.07) is 6.10. The number of hydrogen-bond acceptors (Lipinski definition) is 6. The molecule has 1 aliphatic heterocycles. The highest BCUT2D eigenvalue weighted by atomic mass is 35.5. The van der Waals surface area contributed by atoms with E-state index in [1.807, 2.05) is 0 Å². The fraction of sp³-hybridized carbons (Fsp3) is 0.294. The van der Waals surface area contributed by atoms with E-state index in [2.05, 4.69) is 10.1 Å². The van der Waals surface area contributed by atoms with Crippen LogP contribution in [0, 0.1) is 0 Å². The molecule has 8 nitrogen and oxygen atoms in total. The van der Waals surface area contributed by atoms with Crippen molar-refractivity contribution in [1.82, 2.24) is 19.3 Å². The monoisotopic (exact) mass is 406 g/mol. The number of carbonyl (C=O) groups excluding carboxylic acids is 1. The predicted molar refractivity (Wildman–Crippen MR) is 99.9 cm³/mol. The normalized spacial score (nSPS) is 18.8. The van der Waals surface area contributed by atoms with Crippen molar-refractivity contribution in [3.05, 3.63) is 57.7 Å². The van der Waals surface area contributed by atoms with E-state index >= 15 is 0 Å². The summed E-state index contributed by atoms with van der Waals surface area (Å²) in [4.78, 5) is 28.6. The summed E-state index contributed by atoms with van der Waals surface area (Å²) in [5.41, 5.74) is 0.836. The first kappa shape index (κ1) is 17.9. The molecule has 27 heavy (non-hydrogen) atoms. The Kier molecular flexibility index (Phi) is 4.35. The summed E-state index contributed by atoms with van der Waals surface area (Å²) < 4.78 is 26.3. The molecule has 3 aromatic rings. The second-order valence-electron chi connectivity index (χ2n) is 6.47. The third-order valence-electron chi connectivity index (χ3n) is 4.65. The maximum Gasteiger partial charge on any atom is 0.348 e. The molecule has 1 aromatic carbocycles. The van der Waals surface area contributed by atoms with E-state index in [0.29, 0.717) is 28.0 Å². The van der Waals surface area contributed by atoms with Crippen LogP contribution in [-0.2, 0) is 16.4 Å². The number of halogens is 1. The number of hydrogen-bond donors (Lipinski definition) is 0. The first-order valence-corrected chi connectivity index (χ1v) is 10.5. The van der Waals surface area contributed by atoms with Crippen molar-refractivity contribution in [2.45, 2.75) is 19.0 Å². The Morgan fingerprint density at radius 1 is 1.19 bits per heavy atom. The Balaban J connectivity index is 1.71. The molecule has 1 fully saturated rings. The molecule has 0 bridgehead atoms. The van der Waals surface area contributed by atoms with E-state index in [9.17, 15) is 18.0 Å². The highest BCUT2D eigenvalue weighted by Crippen LogP contribution is 2.26. The molecule has 10 heteroatoms. The summed E-state index contributed by atoms with van der Waals surface area (Å²) in [5, 5.41) is 4.77. The molecule has 0 radical (unpaired) electrons.